The van der Waals surface area contributed by atoms with Crippen molar-refractivity contribution in [2.75, 3.05) is 11.4 Å². The number of rotatable bonds is 4. The van der Waals surface area contributed by atoms with Crippen molar-refractivity contribution in [2.24, 2.45) is 0 Å². The molecular formula is C21H23NO3. The third-order valence-electron chi connectivity index (χ3n) is 5.68. The number of amides is 1. The van der Waals surface area contributed by atoms with Crippen molar-refractivity contribution in [1.29, 1.82) is 0 Å². The minimum absolute atomic E-state index is 0.105. The summed E-state index contributed by atoms with van der Waals surface area (Å²) in [5, 5.41) is 19.9. The zero-order valence-corrected chi connectivity index (χ0v) is 14.5. The molecule has 2 N–H and O–H groups in total. The summed E-state index contributed by atoms with van der Waals surface area (Å²) in [5.41, 5.74) is 3.10. The van der Waals surface area contributed by atoms with Gasteiger partial charge in [0, 0.05) is 12.2 Å². The summed E-state index contributed by atoms with van der Waals surface area (Å²) >= 11 is 0. The van der Waals surface area contributed by atoms with Crippen molar-refractivity contribution in [1.82, 2.24) is 0 Å². The topological polar surface area (TPSA) is 60.8 Å². The molecule has 0 radical (unpaired) electrons. The number of phenols is 2. The number of hydrogen-bond acceptors (Lipinski definition) is 3. The minimum Gasteiger partial charge on any atom is -0.504 e. The number of hydrogen-bond donors (Lipinski definition) is 2. The van der Waals surface area contributed by atoms with Crippen molar-refractivity contribution < 1.29 is 15.0 Å². The molecule has 4 rings (SSSR count). The van der Waals surface area contributed by atoms with E-state index in [4.69, 9.17) is 0 Å². The van der Waals surface area contributed by atoms with Gasteiger partial charge < -0.3 is 15.1 Å². The Kier molecular flexibility index (Phi) is 3.71. The third kappa shape index (κ3) is 2.16. The highest BCUT2D eigenvalue weighted by Gasteiger charge is 2.54. The fourth-order valence-corrected chi connectivity index (χ4v) is 4.45. The molecule has 0 bridgehead atoms. The average molecular weight is 337 g/mol. The van der Waals surface area contributed by atoms with Gasteiger partial charge in [-0.2, -0.15) is 0 Å². The van der Waals surface area contributed by atoms with Crippen LogP contribution in [0.4, 0.5) is 5.69 Å². The quantitative estimate of drug-likeness (QED) is 0.658. The summed E-state index contributed by atoms with van der Waals surface area (Å²) in [7, 11) is 0. The van der Waals surface area contributed by atoms with E-state index in [2.05, 4.69) is 6.92 Å². The number of carbonyl (C=O) groups is 1. The Hall–Kier alpha value is -2.49. The Labute approximate surface area is 147 Å². The molecular weight excluding hydrogens is 314 g/mol. The van der Waals surface area contributed by atoms with Crippen LogP contribution in [0.15, 0.2) is 36.4 Å². The van der Waals surface area contributed by atoms with E-state index >= 15 is 0 Å². The Morgan fingerprint density at radius 3 is 2.64 bits per heavy atom. The molecule has 1 amide bonds. The van der Waals surface area contributed by atoms with Crippen molar-refractivity contribution >= 4 is 11.6 Å². The molecule has 4 nitrogen and oxygen atoms in total. The van der Waals surface area contributed by atoms with E-state index < -0.39 is 5.41 Å². The zero-order chi connectivity index (χ0) is 17.6. The van der Waals surface area contributed by atoms with Gasteiger partial charge in [-0.25, -0.2) is 0 Å². The lowest BCUT2D eigenvalue weighted by atomic mass is 9.76. The van der Waals surface area contributed by atoms with Crippen LogP contribution in [-0.4, -0.2) is 22.7 Å². The van der Waals surface area contributed by atoms with Gasteiger partial charge in [-0.05, 0) is 54.2 Å². The lowest BCUT2D eigenvalue weighted by molar-refractivity contribution is -0.121. The van der Waals surface area contributed by atoms with Crippen LogP contribution >= 0.6 is 0 Å². The third-order valence-corrected chi connectivity index (χ3v) is 5.68. The van der Waals surface area contributed by atoms with E-state index in [9.17, 15) is 15.0 Å². The van der Waals surface area contributed by atoms with Crippen molar-refractivity contribution in [2.45, 2.75) is 44.4 Å². The van der Waals surface area contributed by atoms with Gasteiger partial charge in [0.2, 0.25) is 5.91 Å². The molecule has 2 aliphatic rings. The van der Waals surface area contributed by atoms with Crippen LogP contribution in [0.5, 0.6) is 11.5 Å². The van der Waals surface area contributed by atoms with E-state index in [1.165, 1.54) is 0 Å². The molecule has 1 spiro atoms. The Morgan fingerprint density at radius 1 is 1.08 bits per heavy atom. The van der Waals surface area contributed by atoms with E-state index in [0.717, 1.165) is 54.6 Å². The fourth-order valence-electron chi connectivity index (χ4n) is 4.45. The highest BCUT2D eigenvalue weighted by atomic mass is 16.3. The predicted molar refractivity (Wildman–Crippen MR) is 97.2 cm³/mol. The van der Waals surface area contributed by atoms with Crippen LogP contribution in [0.1, 0.15) is 49.3 Å². The van der Waals surface area contributed by atoms with Crippen LogP contribution in [0.25, 0.3) is 0 Å². The lowest BCUT2D eigenvalue weighted by Gasteiger charge is -2.25. The first kappa shape index (κ1) is 16.0. The number of aromatic hydroxyl groups is 2. The zero-order valence-electron chi connectivity index (χ0n) is 14.5. The lowest BCUT2D eigenvalue weighted by Crippen LogP contribution is -2.40. The summed E-state index contributed by atoms with van der Waals surface area (Å²) in [5.74, 6) is -0.169. The predicted octanol–water partition coefficient (Wildman–Crippen LogP) is 3.87. The maximum atomic E-state index is 13.5. The average Bonchev–Trinajstić information content (AvgIpc) is 3.08. The van der Waals surface area contributed by atoms with Crippen LogP contribution in [0.2, 0.25) is 0 Å². The number of aryl methyl sites for hydroxylation is 1. The van der Waals surface area contributed by atoms with Gasteiger partial charge in [0.1, 0.15) is 5.41 Å². The molecule has 0 saturated heterocycles. The maximum absolute atomic E-state index is 13.5. The number of carbonyl (C=O) groups excluding carboxylic acids is 1. The van der Waals surface area contributed by atoms with Crippen molar-refractivity contribution in [3.05, 3.63) is 53.1 Å². The highest BCUT2D eigenvalue weighted by Crippen LogP contribution is 2.54. The molecule has 1 atom stereocenters. The Balaban J connectivity index is 1.85. The SMILES string of the molecule is CCCCCN1C(=O)C2(CCc3cc(O)c(O)cc32)c2ccccc21. The van der Waals surface area contributed by atoms with E-state index in [0.29, 0.717) is 6.42 Å². The van der Waals surface area contributed by atoms with Crippen molar-refractivity contribution in [3.63, 3.8) is 0 Å². The Morgan fingerprint density at radius 2 is 1.84 bits per heavy atom. The summed E-state index contributed by atoms with van der Waals surface area (Å²) in [6.45, 7) is 2.88. The van der Waals surface area contributed by atoms with Gasteiger partial charge in [0.25, 0.3) is 0 Å². The standard InChI is InChI=1S/C21H23NO3/c1-2-3-6-11-22-17-8-5-4-7-15(17)21(20(22)25)10-9-14-12-18(23)19(24)13-16(14)21/h4-5,7-8,12-13,23-24H,2-3,6,9-11H2,1H3. The molecule has 1 aliphatic heterocycles. The molecule has 4 heteroatoms. The number of anilines is 1. The molecule has 130 valence electrons. The number of unbranched alkanes of at least 4 members (excludes halogenated alkanes) is 2. The molecule has 1 heterocycles. The number of fused-ring (bicyclic) bond motifs is 4. The fraction of sp³-hybridized carbons (Fsp3) is 0.381. The van der Waals surface area contributed by atoms with Gasteiger partial charge in [0.05, 0.1) is 0 Å². The van der Waals surface area contributed by atoms with E-state index in [1.807, 2.05) is 29.2 Å². The normalized spacial score (nSPS) is 21.0. The van der Waals surface area contributed by atoms with Gasteiger partial charge in [0.15, 0.2) is 11.5 Å². The van der Waals surface area contributed by atoms with Gasteiger partial charge in [-0.15, -0.1) is 0 Å². The highest BCUT2D eigenvalue weighted by molar-refractivity contribution is 6.11. The van der Waals surface area contributed by atoms with Crippen LogP contribution in [0.3, 0.4) is 0 Å². The largest absolute Gasteiger partial charge is 0.504 e. The second-order valence-electron chi connectivity index (χ2n) is 7.08. The van der Waals surface area contributed by atoms with E-state index in [1.54, 1.807) is 12.1 Å². The molecule has 25 heavy (non-hydrogen) atoms. The molecule has 0 fully saturated rings. The first-order valence-electron chi connectivity index (χ1n) is 9.06. The van der Waals surface area contributed by atoms with Gasteiger partial charge >= 0.3 is 0 Å². The number of benzene rings is 2. The molecule has 0 aromatic heterocycles. The summed E-state index contributed by atoms with van der Waals surface area (Å²) in [4.78, 5) is 15.4. The summed E-state index contributed by atoms with van der Waals surface area (Å²) < 4.78 is 0. The maximum Gasteiger partial charge on any atom is 0.242 e. The van der Waals surface area contributed by atoms with E-state index in [-0.39, 0.29) is 17.4 Å². The van der Waals surface area contributed by atoms with Gasteiger partial charge in [-0.3, -0.25) is 4.79 Å². The second kappa shape index (κ2) is 5.80. The number of para-hydroxylation sites is 1. The summed E-state index contributed by atoms with van der Waals surface area (Å²) in [6.07, 6.45) is 4.62. The molecule has 2 aromatic carbocycles. The molecule has 1 aliphatic carbocycles. The smallest absolute Gasteiger partial charge is 0.242 e. The second-order valence-corrected chi connectivity index (χ2v) is 7.08. The molecule has 0 saturated carbocycles. The Bertz CT molecular complexity index is 845. The molecule has 2 aromatic rings. The van der Waals surface area contributed by atoms with Crippen molar-refractivity contribution in [3.8, 4) is 11.5 Å². The molecule has 1 unspecified atom stereocenters. The van der Waals surface area contributed by atoms with Crippen LogP contribution in [0, 0.1) is 0 Å². The minimum atomic E-state index is -0.719. The number of phenolic OH excluding ortho intramolecular Hbond substituents is 2. The first-order valence-corrected chi connectivity index (χ1v) is 9.06. The van der Waals surface area contributed by atoms with Crippen LogP contribution < -0.4 is 4.90 Å². The monoisotopic (exact) mass is 337 g/mol. The van der Waals surface area contributed by atoms with Crippen LogP contribution in [-0.2, 0) is 16.6 Å². The first-order chi connectivity index (χ1) is 12.1. The van der Waals surface area contributed by atoms with Gasteiger partial charge in [-0.1, -0.05) is 38.0 Å². The summed E-state index contributed by atoms with van der Waals surface area (Å²) in [6, 6.07) is 11.2. The number of nitrogens with zero attached hydrogens (tertiary/aromatic N) is 1.